The Bertz CT molecular complexity index is 669. The van der Waals surface area contributed by atoms with Crippen LogP contribution in [0.15, 0.2) is 0 Å². The number of hydrogen-bond acceptors (Lipinski definition) is 7. The van der Waals surface area contributed by atoms with E-state index in [0.29, 0.717) is 17.9 Å². The summed E-state index contributed by atoms with van der Waals surface area (Å²) in [6, 6.07) is -2.08. The zero-order valence-corrected chi connectivity index (χ0v) is 12.7. The van der Waals surface area contributed by atoms with E-state index in [0.717, 1.165) is 0 Å². The third-order valence-corrected chi connectivity index (χ3v) is 5.13. The molecule has 2 aliphatic carbocycles. The van der Waals surface area contributed by atoms with Crippen LogP contribution in [0.1, 0.15) is 12.8 Å². The van der Waals surface area contributed by atoms with Crippen LogP contribution in [0.5, 0.6) is 0 Å². The fourth-order valence-electron chi connectivity index (χ4n) is 3.48. The second kappa shape index (κ2) is 4.77. The van der Waals surface area contributed by atoms with Gasteiger partial charge in [-0.25, -0.2) is 10.3 Å². The number of hydroxylamine groups is 3. The van der Waals surface area contributed by atoms with Gasteiger partial charge in [-0.15, -0.1) is 4.28 Å². The van der Waals surface area contributed by atoms with Crippen LogP contribution in [0.3, 0.4) is 0 Å². The van der Waals surface area contributed by atoms with E-state index in [2.05, 4.69) is 9.76 Å². The van der Waals surface area contributed by atoms with Crippen LogP contribution < -0.4 is 11.2 Å². The molecule has 11 nitrogen and oxygen atoms in total. The Morgan fingerprint density at radius 3 is 2.65 bits per heavy atom. The third-order valence-electron chi connectivity index (χ3n) is 4.78. The molecule has 2 bridgehead atoms. The van der Waals surface area contributed by atoms with Gasteiger partial charge in [-0.1, -0.05) is 0 Å². The molecule has 2 heterocycles. The zero-order valence-electron chi connectivity index (χ0n) is 11.9. The first-order valence-corrected chi connectivity index (χ1v) is 8.60. The minimum absolute atomic E-state index is 0.0432. The van der Waals surface area contributed by atoms with Gasteiger partial charge in [0.1, 0.15) is 12.1 Å². The highest BCUT2D eigenvalue weighted by molar-refractivity contribution is 7.80. The average molecular weight is 348 g/mol. The standard InChI is InChI=1S/C11H16N4O7S/c12-6-2-8(6)21-13-10(16)9-5-1-4(5)7-3-14(9)11(17)15(7)22-23(18,19)20/h4-9H,1-3,12H2,(H,13,16)(H,18,19,20)/t4?,5?,6?,7-,8?,9-/m0/s1. The summed E-state index contributed by atoms with van der Waals surface area (Å²) in [7, 11) is -4.80. The molecular weight excluding hydrogens is 332 g/mol. The molecule has 4 fully saturated rings. The van der Waals surface area contributed by atoms with Crippen LogP contribution in [0.2, 0.25) is 0 Å². The summed E-state index contributed by atoms with van der Waals surface area (Å²) in [5.41, 5.74) is 7.91. The molecule has 4 N–H and O–H groups in total. The van der Waals surface area contributed by atoms with Gasteiger partial charge in [0.25, 0.3) is 5.91 Å². The van der Waals surface area contributed by atoms with Gasteiger partial charge in [0, 0.05) is 12.6 Å². The van der Waals surface area contributed by atoms with Crippen molar-refractivity contribution in [3.63, 3.8) is 0 Å². The summed E-state index contributed by atoms with van der Waals surface area (Å²) >= 11 is 0. The molecule has 12 heteroatoms. The molecule has 2 saturated heterocycles. The SMILES string of the molecule is NC1CC1ONC(=O)[C@@H]1C2CC2[C@@H]2CN1C(=O)N2OS(=O)(=O)O. The first kappa shape index (κ1) is 15.1. The van der Waals surface area contributed by atoms with Gasteiger partial charge in [-0.05, 0) is 24.7 Å². The van der Waals surface area contributed by atoms with Gasteiger partial charge in [-0.3, -0.25) is 14.2 Å². The normalized spacial score (nSPS) is 40.9. The average Bonchev–Trinajstić information content (AvgIpc) is 3.34. The Labute approximate surface area is 131 Å². The number of carbonyl (C=O) groups is 2. The van der Waals surface area contributed by atoms with Crippen LogP contribution in [0.4, 0.5) is 4.79 Å². The van der Waals surface area contributed by atoms with Crippen molar-refractivity contribution in [3.05, 3.63) is 0 Å². The maximum Gasteiger partial charge on any atom is 0.418 e. The lowest BCUT2D eigenvalue weighted by Crippen LogP contribution is -2.51. The van der Waals surface area contributed by atoms with Gasteiger partial charge in [0.2, 0.25) is 0 Å². The van der Waals surface area contributed by atoms with Crippen molar-refractivity contribution < 1.29 is 31.7 Å². The number of carbonyl (C=O) groups excluding carboxylic acids is 2. The van der Waals surface area contributed by atoms with Gasteiger partial charge in [0.05, 0.1) is 6.04 Å². The molecule has 0 spiro atoms. The molecule has 3 amide bonds. The minimum Gasteiger partial charge on any atom is -0.325 e. The maximum atomic E-state index is 12.3. The van der Waals surface area contributed by atoms with Gasteiger partial charge in [0.15, 0.2) is 0 Å². The number of nitrogens with one attached hydrogen (secondary N) is 1. The highest BCUT2D eigenvalue weighted by Gasteiger charge is 2.65. The monoisotopic (exact) mass is 348 g/mol. The summed E-state index contributed by atoms with van der Waals surface area (Å²) in [6.45, 7) is 0.163. The van der Waals surface area contributed by atoms with E-state index in [9.17, 15) is 18.0 Å². The first-order valence-electron chi connectivity index (χ1n) is 7.24. The van der Waals surface area contributed by atoms with Gasteiger partial charge in [-0.2, -0.15) is 13.5 Å². The largest absolute Gasteiger partial charge is 0.418 e. The number of rotatable bonds is 5. The van der Waals surface area contributed by atoms with E-state index in [1.54, 1.807) is 0 Å². The summed E-state index contributed by atoms with van der Waals surface area (Å²) in [5, 5.41) is 0.644. The molecule has 23 heavy (non-hydrogen) atoms. The number of nitrogens with zero attached hydrogens (tertiary/aromatic N) is 2. The smallest absolute Gasteiger partial charge is 0.325 e. The predicted octanol–water partition coefficient (Wildman–Crippen LogP) is -2.01. The summed E-state index contributed by atoms with van der Waals surface area (Å²) < 4.78 is 34.9. The molecular formula is C11H16N4O7S. The summed E-state index contributed by atoms with van der Waals surface area (Å²) in [4.78, 5) is 31.0. The van der Waals surface area contributed by atoms with Crippen molar-refractivity contribution in [3.8, 4) is 0 Å². The second-order valence-electron chi connectivity index (χ2n) is 6.36. The molecule has 0 radical (unpaired) electrons. The van der Waals surface area contributed by atoms with Crippen LogP contribution in [-0.2, 0) is 24.3 Å². The number of amides is 3. The fourth-order valence-corrected chi connectivity index (χ4v) is 3.86. The van der Waals surface area contributed by atoms with Crippen LogP contribution in [-0.4, -0.2) is 65.6 Å². The Kier molecular flexibility index (Phi) is 3.13. The Morgan fingerprint density at radius 2 is 2.04 bits per heavy atom. The second-order valence-corrected chi connectivity index (χ2v) is 7.37. The van der Waals surface area contributed by atoms with E-state index in [1.807, 2.05) is 0 Å². The molecule has 2 aliphatic heterocycles. The summed E-state index contributed by atoms with van der Waals surface area (Å²) in [6.07, 6.45) is 1.12. The van der Waals surface area contributed by atoms with Crippen molar-refractivity contribution in [2.24, 2.45) is 17.6 Å². The highest BCUT2D eigenvalue weighted by atomic mass is 32.3. The number of nitrogens with two attached hydrogens (primary N) is 1. The molecule has 4 unspecified atom stereocenters. The minimum atomic E-state index is -4.80. The molecule has 0 aromatic rings. The van der Waals surface area contributed by atoms with Gasteiger partial charge < -0.3 is 10.6 Å². The third kappa shape index (κ3) is 2.55. The van der Waals surface area contributed by atoms with E-state index in [1.165, 1.54) is 4.90 Å². The highest BCUT2D eigenvalue weighted by Crippen LogP contribution is 2.53. The Hall–Kier alpha value is -1.47. The molecule has 128 valence electrons. The quantitative estimate of drug-likeness (QED) is 0.381. The number of fused-ring (bicyclic) bond motifs is 4. The van der Waals surface area contributed by atoms with E-state index in [-0.39, 0.29) is 30.5 Å². The number of hydrogen-bond donors (Lipinski definition) is 3. The lowest BCUT2D eigenvalue weighted by atomic mass is 10.0. The van der Waals surface area contributed by atoms with E-state index < -0.39 is 34.4 Å². The van der Waals surface area contributed by atoms with E-state index >= 15 is 0 Å². The maximum absolute atomic E-state index is 12.3. The van der Waals surface area contributed by atoms with Crippen LogP contribution in [0, 0.1) is 11.8 Å². The molecule has 0 aromatic heterocycles. The van der Waals surface area contributed by atoms with Crippen molar-refractivity contribution in [2.45, 2.75) is 37.1 Å². The predicted molar refractivity (Wildman–Crippen MR) is 71.4 cm³/mol. The molecule has 6 atom stereocenters. The van der Waals surface area contributed by atoms with Crippen LogP contribution >= 0.6 is 0 Å². The molecule has 0 aromatic carbocycles. The van der Waals surface area contributed by atoms with Crippen LogP contribution in [0.25, 0.3) is 0 Å². The fraction of sp³-hybridized carbons (Fsp3) is 0.818. The molecule has 4 rings (SSSR count). The van der Waals surface area contributed by atoms with Crippen molar-refractivity contribution in [2.75, 3.05) is 6.54 Å². The lowest BCUT2D eigenvalue weighted by molar-refractivity contribution is -0.140. The number of urea groups is 1. The Balaban J connectivity index is 1.47. The number of piperidine rings is 1. The molecule has 4 aliphatic rings. The lowest BCUT2D eigenvalue weighted by Gasteiger charge is -2.28. The first-order chi connectivity index (χ1) is 10.8. The Morgan fingerprint density at radius 1 is 1.35 bits per heavy atom. The van der Waals surface area contributed by atoms with Crippen molar-refractivity contribution >= 4 is 22.3 Å². The van der Waals surface area contributed by atoms with Crippen molar-refractivity contribution in [1.29, 1.82) is 0 Å². The topological polar surface area (TPSA) is 151 Å². The molecule has 2 saturated carbocycles. The van der Waals surface area contributed by atoms with Gasteiger partial charge >= 0.3 is 16.4 Å². The van der Waals surface area contributed by atoms with E-state index in [4.69, 9.17) is 15.1 Å². The zero-order chi connectivity index (χ0) is 16.5. The van der Waals surface area contributed by atoms with Crippen molar-refractivity contribution in [1.82, 2.24) is 15.4 Å². The summed E-state index contributed by atoms with van der Waals surface area (Å²) in [5.74, 6) is -0.584.